The molecule has 11 heavy (non-hydrogen) atoms. The Morgan fingerprint density at radius 2 is 2.09 bits per heavy atom. The summed E-state index contributed by atoms with van der Waals surface area (Å²) in [5.74, 6) is 0.218. The molecule has 0 radical (unpaired) electrons. The quantitative estimate of drug-likeness (QED) is 0.528. The molecule has 0 atom stereocenters. The van der Waals surface area contributed by atoms with Gasteiger partial charge in [-0.15, -0.1) is 24.2 Å². The number of aromatic hydroxyl groups is 1. The molecular formula is C7H10ClNOS. The minimum atomic E-state index is 0. The lowest BCUT2D eigenvalue weighted by Crippen LogP contribution is -1.86. The second-order valence-corrected chi connectivity index (χ2v) is 2.77. The molecule has 0 spiro atoms. The number of thioether (sulfide) groups is 1. The van der Waals surface area contributed by atoms with E-state index in [2.05, 4.69) is 0 Å². The molecule has 0 fully saturated rings. The van der Waals surface area contributed by atoms with Gasteiger partial charge in [0.1, 0.15) is 5.75 Å². The van der Waals surface area contributed by atoms with Crippen LogP contribution in [-0.4, -0.2) is 11.4 Å². The van der Waals surface area contributed by atoms with E-state index in [1.807, 2.05) is 6.26 Å². The van der Waals surface area contributed by atoms with E-state index in [9.17, 15) is 0 Å². The van der Waals surface area contributed by atoms with E-state index in [0.29, 0.717) is 5.69 Å². The van der Waals surface area contributed by atoms with Gasteiger partial charge in [0.15, 0.2) is 0 Å². The van der Waals surface area contributed by atoms with Crippen LogP contribution in [0.15, 0.2) is 23.1 Å². The fraction of sp³-hybridized carbons (Fsp3) is 0.143. The Balaban J connectivity index is 0.000001000. The molecule has 2 nitrogen and oxygen atoms in total. The summed E-state index contributed by atoms with van der Waals surface area (Å²) >= 11 is 1.57. The Hall–Kier alpha value is -0.540. The molecule has 0 aliphatic rings. The molecule has 1 aromatic carbocycles. The minimum Gasteiger partial charge on any atom is -0.508 e. The van der Waals surface area contributed by atoms with Crippen molar-refractivity contribution in [2.24, 2.45) is 0 Å². The first-order chi connectivity index (χ1) is 4.74. The maximum absolute atomic E-state index is 8.94. The molecule has 0 aromatic heterocycles. The third-order valence-corrected chi connectivity index (χ3v) is 2.02. The van der Waals surface area contributed by atoms with Gasteiger partial charge in [-0.05, 0) is 18.4 Å². The Kier molecular flexibility index (Phi) is 4.15. The smallest absolute Gasteiger partial charge is 0.117 e. The lowest BCUT2D eigenvalue weighted by atomic mass is 10.3. The first kappa shape index (κ1) is 10.5. The normalized spacial score (nSPS) is 8.82. The summed E-state index contributed by atoms with van der Waals surface area (Å²) < 4.78 is 0. The monoisotopic (exact) mass is 191 g/mol. The number of hydrogen-bond acceptors (Lipinski definition) is 3. The van der Waals surface area contributed by atoms with Gasteiger partial charge < -0.3 is 10.8 Å². The second kappa shape index (κ2) is 4.36. The zero-order chi connectivity index (χ0) is 7.56. The molecule has 4 heteroatoms. The third kappa shape index (κ3) is 2.52. The largest absolute Gasteiger partial charge is 0.508 e. The topological polar surface area (TPSA) is 46.2 Å². The van der Waals surface area contributed by atoms with Crippen LogP contribution < -0.4 is 5.73 Å². The van der Waals surface area contributed by atoms with Crippen molar-refractivity contribution in [1.29, 1.82) is 0 Å². The van der Waals surface area contributed by atoms with Gasteiger partial charge in [0, 0.05) is 16.6 Å². The highest BCUT2D eigenvalue weighted by Crippen LogP contribution is 2.25. The van der Waals surface area contributed by atoms with E-state index < -0.39 is 0 Å². The first-order valence-electron chi connectivity index (χ1n) is 2.86. The maximum atomic E-state index is 8.94. The van der Waals surface area contributed by atoms with Crippen molar-refractivity contribution in [1.82, 2.24) is 0 Å². The van der Waals surface area contributed by atoms with E-state index in [0.717, 1.165) is 4.90 Å². The molecule has 1 rings (SSSR count). The minimum absolute atomic E-state index is 0. The average Bonchev–Trinajstić information content (AvgIpc) is 1.88. The van der Waals surface area contributed by atoms with Crippen molar-refractivity contribution in [3.8, 4) is 5.75 Å². The standard InChI is InChI=1S/C7H9NOS.ClH/c1-10-7-3-2-5(9)4-6(7)8;/h2-4,9H,8H2,1H3;1H. The first-order valence-corrected chi connectivity index (χ1v) is 4.09. The lowest BCUT2D eigenvalue weighted by molar-refractivity contribution is 0.475. The van der Waals surface area contributed by atoms with Crippen molar-refractivity contribution in [2.45, 2.75) is 4.90 Å². The summed E-state index contributed by atoms with van der Waals surface area (Å²) in [7, 11) is 0. The summed E-state index contributed by atoms with van der Waals surface area (Å²) in [6, 6.07) is 4.98. The SMILES string of the molecule is CSc1ccc(O)cc1N.Cl. The predicted molar refractivity (Wildman–Crippen MR) is 51.5 cm³/mol. The van der Waals surface area contributed by atoms with Crippen molar-refractivity contribution < 1.29 is 5.11 Å². The van der Waals surface area contributed by atoms with Crippen LogP contribution in [0.3, 0.4) is 0 Å². The molecule has 0 bridgehead atoms. The van der Waals surface area contributed by atoms with Crippen molar-refractivity contribution >= 4 is 29.9 Å². The summed E-state index contributed by atoms with van der Waals surface area (Å²) in [4.78, 5) is 0.998. The summed E-state index contributed by atoms with van der Waals surface area (Å²) in [5.41, 5.74) is 6.18. The van der Waals surface area contributed by atoms with Crippen LogP contribution in [0.25, 0.3) is 0 Å². The van der Waals surface area contributed by atoms with Gasteiger partial charge in [0.2, 0.25) is 0 Å². The molecule has 62 valence electrons. The molecule has 0 aliphatic heterocycles. The number of benzene rings is 1. The van der Waals surface area contributed by atoms with Crippen LogP contribution in [0.2, 0.25) is 0 Å². The number of phenols is 1. The van der Waals surface area contributed by atoms with Crippen LogP contribution in [0.1, 0.15) is 0 Å². The maximum Gasteiger partial charge on any atom is 0.117 e. The van der Waals surface area contributed by atoms with Gasteiger partial charge in [0.25, 0.3) is 0 Å². The highest BCUT2D eigenvalue weighted by Gasteiger charge is 1.96. The Bertz CT molecular complexity index is 242. The molecule has 3 N–H and O–H groups in total. The number of anilines is 1. The Morgan fingerprint density at radius 3 is 2.55 bits per heavy atom. The number of halogens is 1. The summed E-state index contributed by atoms with van der Waals surface area (Å²) in [6.07, 6.45) is 1.95. The van der Waals surface area contributed by atoms with Crippen LogP contribution in [0, 0.1) is 0 Å². The van der Waals surface area contributed by atoms with Gasteiger partial charge >= 0.3 is 0 Å². The summed E-state index contributed by atoms with van der Waals surface area (Å²) in [5, 5.41) is 8.94. The van der Waals surface area contributed by atoms with E-state index in [4.69, 9.17) is 10.8 Å². The molecule has 0 saturated carbocycles. The average molecular weight is 192 g/mol. The number of nitrogen functional groups attached to an aromatic ring is 1. The van der Waals surface area contributed by atoms with E-state index in [-0.39, 0.29) is 18.2 Å². The number of hydrogen-bond donors (Lipinski definition) is 2. The second-order valence-electron chi connectivity index (χ2n) is 1.93. The highest BCUT2D eigenvalue weighted by molar-refractivity contribution is 7.98. The molecule has 0 saturated heterocycles. The Morgan fingerprint density at radius 1 is 1.45 bits per heavy atom. The van der Waals surface area contributed by atoms with Crippen LogP contribution in [-0.2, 0) is 0 Å². The van der Waals surface area contributed by atoms with Crippen molar-refractivity contribution in [2.75, 3.05) is 12.0 Å². The molecule has 0 amide bonds. The van der Waals surface area contributed by atoms with E-state index in [1.54, 1.807) is 30.0 Å². The van der Waals surface area contributed by atoms with Crippen molar-refractivity contribution in [3.63, 3.8) is 0 Å². The van der Waals surface area contributed by atoms with Crippen molar-refractivity contribution in [3.05, 3.63) is 18.2 Å². The van der Waals surface area contributed by atoms with Crippen LogP contribution >= 0.6 is 24.2 Å². The zero-order valence-corrected chi connectivity index (χ0v) is 7.71. The molecular weight excluding hydrogens is 182 g/mol. The predicted octanol–water partition coefficient (Wildman–Crippen LogP) is 2.12. The lowest BCUT2D eigenvalue weighted by Gasteiger charge is -2.00. The third-order valence-electron chi connectivity index (χ3n) is 1.21. The van der Waals surface area contributed by atoms with Crippen LogP contribution in [0.4, 0.5) is 5.69 Å². The van der Waals surface area contributed by atoms with Gasteiger partial charge in [-0.3, -0.25) is 0 Å². The van der Waals surface area contributed by atoms with Gasteiger partial charge in [-0.2, -0.15) is 0 Å². The highest BCUT2D eigenvalue weighted by atomic mass is 35.5. The molecule has 0 heterocycles. The van der Waals surface area contributed by atoms with Gasteiger partial charge in [0.05, 0.1) is 0 Å². The van der Waals surface area contributed by atoms with E-state index in [1.165, 1.54) is 0 Å². The van der Waals surface area contributed by atoms with Crippen LogP contribution in [0.5, 0.6) is 5.75 Å². The Labute approximate surface area is 76.2 Å². The molecule has 0 unspecified atom stereocenters. The number of rotatable bonds is 1. The number of nitrogens with two attached hydrogens (primary N) is 1. The molecule has 1 aromatic rings. The zero-order valence-electron chi connectivity index (χ0n) is 6.07. The fourth-order valence-electron chi connectivity index (χ4n) is 0.722. The van der Waals surface area contributed by atoms with Gasteiger partial charge in [-0.1, -0.05) is 0 Å². The summed E-state index contributed by atoms with van der Waals surface area (Å²) in [6.45, 7) is 0. The number of phenolic OH excluding ortho intramolecular Hbond substituents is 1. The fourth-order valence-corrected chi connectivity index (χ4v) is 1.22. The molecule has 0 aliphatic carbocycles. The van der Waals surface area contributed by atoms with E-state index >= 15 is 0 Å². The van der Waals surface area contributed by atoms with Gasteiger partial charge in [-0.25, -0.2) is 0 Å².